The van der Waals surface area contributed by atoms with Gasteiger partial charge in [-0.05, 0) is 29.8 Å². The highest BCUT2D eigenvalue weighted by Gasteiger charge is 2.38. The number of carboxylic acids is 1. The number of nitrogens with zero attached hydrogens (tertiary/aromatic N) is 1. The van der Waals surface area contributed by atoms with E-state index in [9.17, 15) is 18.3 Å². The van der Waals surface area contributed by atoms with Crippen LogP contribution in [0.5, 0.6) is 5.75 Å². The molecule has 5 nitrogen and oxygen atoms in total. The molecule has 3 rings (SSSR count). The smallest absolute Gasteiger partial charge is 0.490 e. The number of alkyl halides is 3. The molecule has 27 heavy (non-hydrogen) atoms. The average Bonchev–Trinajstić information content (AvgIpc) is 2.61. The molecule has 0 fully saturated rings. The van der Waals surface area contributed by atoms with Gasteiger partial charge in [-0.3, -0.25) is 4.98 Å². The predicted molar refractivity (Wildman–Crippen MR) is 95.9 cm³/mol. The number of hydrogen-bond donors (Lipinski definition) is 3. The molecular formula is C18H14ClF3N2O3. The fourth-order valence-corrected chi connectivity index (χ4v) is 2.21. The molecule has 0 saturated carbocycles. The van der Waals surface area contributed by atoms with Crippen molar-refractivity contribution in [1.29, 1.82) is 0 Å². The van der Waals surface area contributed by atoms with Gasteiger partial charge in [0.25, 0.3) is 0 Å². The zero-order valence-electron chi connectivity index (χ0n) is 13.7. The number of carbonyl (C=O) groups is 1. The Labute approximate surface area is 157 Å². The minimum atomic E-state index is -5.08. The lowest BCUT2D eigenvalue weighted by atomic mass is 10.1. The van der Waals surface area contributed by atoms with Gasteiger partial charge in [-0.1, -0.05) is 29.8 Å². The lowest BCUT2D eigenvalue weighted by molar-refractivity contribution is -0.192. The summed E-state index contributed by atoms with van der Waals surface area (Å²) in [7, 11) is 0. The third-order valence-electron chi connectivity index (χ3n) is 3.34. The number of aromatic nitrogens is 1. The second-order valence-corrected chi connectivity index (χ2v) is 5.79. The van der Waals surface area contributed by atoms with Crippen LogP contribution in [-0.2, 0) is 11.3 Å². The van der Waals surface area contributed by atoms with Crippen molar-refractivity contribution in [3.05, 3.63) is 65.3 Å². The van der Waals surface area contributed by atoms with E-state index in [2.05, 4.69) is 10.3 Å². The summed E-state index contributed by atoms with van der Waals surface area (Å²) >= 11 is 5.85. The molecule has 3 aromatic rings. The van der Waals surface area contributed by atoms with E-state index >= 15 is 0 Å². The van der Waals surface area contributed by atoms with Crippen LogP contribution in [0.2, 0.25) is 5.02 Å². The normalized spacial score (nSPS) is 10.8. The minimum Gasteiger partial charge on any atom is -0.506 e. The first-order chi connectivity index (χ1) is 12.7. The van der Waals surface area contributed by atoms with E-state index in [-0.39, 0.29) is 5.75 Å². The molecule has 0 bridgehead atoms. The molecule has 0 unspecified atom stereocenters. The van der Waals surface area contributed by atoms with Crippen LogP contribution in [-0.4, -0.2) is 27.3 Å². The molecule has 142 valence electrons. The molecule has 3 N–H and O–H groups in total. The zero-order chi connectivity index (χ0) is 20.0. The maximum absolute atomic E-state index is 10.6. The van der Waals surface area contributed by atoms with Gasteiger partial charge in [0.1, 0.15) is 11.3 Å². The summed E-state index contributed by atoms with van der Waals surface area (Å²) < 4.78 is 31.7. The molecule has 0 saturated heterocycles. The van der Waals surface area contributed by atoms with Crippen LogP contribution in [0, 0.1) is 0 Å². The summed E-state index contributed by atoms with van der Waals surface area (Å²) in [5, 5.41) is 22.0. The second kappa shape index (κ2) is 8.59. The van der Waals surface area contributed by atoms with Crippen LogP contribution in [0.1, 0.15) is 5.56 Å². The number of benzene rings is 2. The van der Waals surface area contributed by atoms with E-state index in [0.717, 1.165) is 21.7 Å². The van der Waals surface area contributed by atoms with Crippen molar-refractivity contribution in [2.45, 2.75) is 12.7 Å². The van der Waals surface area contributed by atoms with E-state index in [0.29, 0.717) is 12.1 Å². The van der Waals surface area contributed by atoms with Crippen molar-refractivity contribution in [3.63, 3.8) is 0 Å². The Morgan fingerprint density at radius 3 is 2.37 bits per heavy atom. The highest BCUT2D eigenvalue weighted by Crippen LogP contribution is 2.27. The van der Waals surface area contributed by atoms with Gasteiger partial charge in [0.05, 0.1) is 0 Å². The molecule has 0 aliphatic rings. The number of pyridine rings is 1. The summed E-state index contributed by atoms with van der Waals surface area (Å²) in [6, 6.07) is 15.1. The topological polar surface area (TPSA) is 82.5 Å². The van der Waals surface area contributed by atoms with Crippen LogP contribution in [0.15, 0.2) is 54.7 Å². The summed E-state index contributed by atoms with van der Waals surface area (Å²) in [4.78, 5) is 13.1. The van der Waals surface area contributed by atoms with Gasteiger partial charge in [0, 0.05) is 34.9 Å². The maximum Gasteiger partial charge on any atom is 0.490 e. The van der Waals surface area contributed by atoms with Crippen molar-refractivity contribution < 1.29 is 28.2 Å². The maximum atomic E-state index is 10.6. The van der Waals surface area contributed by atoms with Crippen LogP contribution in [0.3, 0.4) is 0 Å². The highest BCUT2D eigenvalue weighted by atomic mass is 35.5. The number of rotatable bonds is 3. The number of phenols is 1. The summed E-state index contributed by atoms with van der Waals surface area (Å²) in [6.07, 6.45) is -3.41. The van der Waals surface area contributed by atoms with E-state index in [1.807, 2.05) is 42.5 Å². The Kier molecular flexibility index (Phi) is 6.46. The van der Waals surface area contributed by atoms with Crippen molar-refractivity contribution >= 4 is 34.2 Å². The van der Waals surface area contributed by atoms with Crippen LogP contribution >= 0.6 is 11.6 Å². The second-order valence-electron chi connectivity index (χ2n) is 5.35. The molecule has 0 aliphatic heterocycles. The number of fused-ring (bicyclic) bond motifs is 1. The molecule has 1 heterocycles. The quantitative estimate of drug-likeness (QED) is 0.588. The van der Waals surface area contributed by atoms with Gasteiger partial charge in [-0.2, -0.15) is 13.2 Å². The van der Waals surface area contributed by atoms with Crippen LogP contribution < -0.4 is 5.32 Å². The number of aliphatic carboxylic acids is 1. The molecule has 0 spiro atoms. The number of anilines is 1. The Bertz CT molecular complexity index is 931. The molecule has 1 aromatic heterocycles. The number of hydrogen-bond acceptors (Lipinski definition) is 4. The van der Waals surface area contributed by atoms with Gasteiger partial charge < -0.3 is 15.5 Å². The fraction of sp³-hybridized carbons (Fsp3) is 0.111. The lowest BCUT2D eigenvalue weighted by Crippen LogP contribution is -2.21. The summed E-state index contributed by atoms with van der Waals surface area (Å²) in [6.45, 7) is 0.669. The Morgan fingerprint density at radius 2 is 1.78 bits per heavy atom. The van der Waals surface area contributed by atoms with Crippen molar-refractivity contribution in [1.82, 2.24) is 4.98 Å². The fourth-order valence-electron chi connectivity index (χ4n) is 2.08. The average molecular weight is 399 g/mol. The van der Waals surface area contributed by atoms with Gasteiger partial charge in [-0.25, -0.2) is 4.79 Å². The van der Waals surface area contributed by atoms with Gasteiger partial charge >= 0.3 is 12.1 Å². The van der Waals surface area contributed by atoms with Gasteiger partial charge in [0.2, 0.25) is 0 Å². The number of phenolic OH excluding ortho intramolecular Hbond substituents is 1. The van der Waals surface area contributed by atoms with Crippen LogP contribution in [0.4, 0.5) is 18.9 Å². The highest BCUT2D eigenvalue weighted by molar-refractivity contribution is 6.30. The van der Waals surface area contributed by atoms with Gasteiger partial charge in [-0.15, -0.1) is 0 Å². The first kappa shape index (κ1) is 20.3. The van der Waals surface area contributed by atoms with Gasteiger partial charge in [0.15, 0.2) is 0 Å². The molecule has 0 aliphatic carbocycles. The molecular weight excluding hydrogens is 385 g/mol. The monoisotopic (exact) mass is 398 g/mol. The first-order valence-electron chi connectivity index (χ1n) is 7.53. The Hall–Kier alpha value is -3.00. The summed E-state index contributed by atoms with van der Waals surface area (Å²) in [5.74, 6) is -2.57. The number of carboxylic acid groups (broad SMARTS) is 1. The first-order valence-corrected chi connectivity index (χ1v) is 7.91. The van der Waals surface area contributed by atoms with E-state index < -0.39 is 12.1 Å². The SMILES string of the molecule is O=C(O)C(F)(F)F.Oc1cc(NCc2ccc(Cl)cc2)cc2cccnc12. The number of halogens is 4. The third-order valence-corrected chi connectivity index (χ3v) is 3.59. The Morgan fingerprint density at radius 1 is 1.15 bits per heavy atom. The minimum absolute atomic E-state index is 0.182. The molecule has 0 amide bonds. The number of nitrogens with one attached hydrogen (secondary N) is 1. The molecule has 0 radical (unpaired) electrons. The molecule has 9 heteroatoms. The number of aromatic hydroxyl groups is 1. The molecule has 2 aromatic carbocycles. The zero-order valence-corrected chi connectivity index (χ0v) is 14.4. The van der Waals surface area contributed by atoms with Crippen molar-refractivity contribution in [2.75, 3.05) is 5.32 Å². The molecule has 0 atom stereocenters. The summed E-state index contributed by atoms with van der Waals surface area (Å²) in [5.41, 5.74) is 2.60. The lowest BCUT2D eigenvalue weighted by Gasteiger charge is -2.09. The van der Waals surface area contributed by atoms with E-state index in [4.69, 9.17) is 21.5 Å². The van der Waals surface area contributed by atoms with Crippen molar-refractivity contribution in [3.8, 4) is 5.75 Å². The standard InChI is InChI=1S/C16H13ClN2O.C2HF3O2/c17-13-5-3-11(4-6-13)10-19-14-8-12-2-1-7-18-16(12)15(20)9-14;3-2(4,5)1(6)7/h1-9,19-20H,10H2;(H,6,7). The van der Waals surface area contributed by atoms with Crippen molar-refractivity contribution in [2.24, 2.45) is 0 Å². The largest absolute Gasteiger partial charge is 0.506 e. The predicted octanol–water partition coefficient (Wildman–Crippen LogP) is 4.84. The third kappa shape index (κ3) is 6.03. The van der Waals surface area contributed by atoms with E-state index in [1.54, 1.807) is 12.3 Å². The Balaban J connectivity index is 0.000000321. The van der Waals surface area contributed by atoms with E-state index in [1.165, 1.54) is 0 Å². The van der Waals surface area contributed by atoms with Crippen LogP contribution in [0.25, 0.3) is 10.9 Å².